The zero-order valence-electron chi connectivity index (χ0n) is 7.08. The van der Waals surface area contributed by atoms with E-state index in [2.05, 4.69) is 29.6 Å². The van der Waals surface area contributed by atoms with Crippen LogP contribution in [-0.4, -0.2) is 15.2 Å². The number of nitrogens with one attached hydrogen (secondary N) is 1. The van der Waals surface area contributed by atoms with Crippen LogP contribution in [0.15, 0.2) is 0 Å². The van der Waals surface area contributed by atoms with Crippen molar-refractivity contribution < 1.29 is 9.53 Å². The molecule has 12 heavy (non-hydrogen) atoms. The van der Waals surface area contributed by atoms with Crippen LogP contribution >= 0.6 is 36.8 Å². The van der Waals surface area contributed by atoms with E-state index >= 15 is 0 Å². The Morgan fingerprint density at radius 3 is 2.42 bits per heavy atom. The molecule has 3 nitrogen and oxygen atoms in total. The summed E-state index contributed by atoms with van der Waals surface area (Å²) >= 11 is 9.37. The van der Waals surface area contributed by atoms with Gasteiger partial charge < -0.3 is 4.74 Å². The van der Waals surface area contributed by atoms with Crippen LogP contribution in [0.1, 0.15) is 20.8 Å². The summed E-state index contributed by atoms with van der Waals surface area (Å²) < 4.78 is 7.65. The summed E-state index contributed by atoms with van der Waals surface area (Å²) in [5.74, 6) is 0. The van der Waals surface area contributed by atoms with E-state index in [1.807, 2.05) is 0 Å². The van der Waals surface area contributed by atoms with Crippen molar-refractivity contribution >= 4 is 46.4 Å². The highest BCUT2D eigenvalue weighted by Crippen LogP contribution is 2.09. The molecule has 0 aliphatic carbocycles. The lowest BCUT2D eigenvalue weighted by molar-refractivity contribution is 0.0575. The van der Waals surface area contributed by atoms with Gasteiger partial charge in [-0.05, 0) is 20.8 Å². The molecule has 0 unspecified atom stereocenters. The first-order chi connectivity index (χ1) is 5.31. The zero-order chi connectivity index (χ0) is 9.78. The molecule has 0 rings (SSSR count). The van der Waals surface area contributed by atoms with Crippen LogP contribution in [0.5, 0.6) is 0 Å². The molecule has 0 radical (unpaired) electrons. The van der Waals surface area contributed by atoms with Gasteiger partial charge in [-0.2, -0.15) is 0 Å². The minimum atomic E-state index is -0.510. The van der Waals surface area contributed by atoms with E-state index in [-0.39, 0.29) is 0 Å². The number of carbonyl (C=O) groups excluding carboxylic acids is 1. The molecule has 0 atom stereocenters. The molecule has 0 aromatic carbocycles. The Balaban J connectivity index is 3.68. The summed E-state index contributed by atoms with van der Waals surface area (Å²) in [5, 5.41) is 0. The quantitative estimate of drug-likeness (QED) is 0.377. The van der Waals surface area contributed by atoms with Gasteiger partial charge in [-0.3, -0.25) is 4.72 Å². The van der Waals surface area contributed by atoms with E-state index in [0.717, 1.165) is 11.9 Å². The molecule has 70 valence electrons. The van der Waals surface area contributed by atoms with E-state index in [9.17, 15) is 4.79 Å². The molecule has 0 saturated carbocycles. The smallest absolute Gasteiger partial charge is 0.418 e. The minimum absolute atomic E-state index is 0.348. The topological polar surface area (TPSA) is 38.3 Å². The van der Waals surface area contributed by atoms with Crippen LogP contribution in [0.25, 0.3) is 0 Å². The monoisotopic (exact) mass is 225 g/mol. The van der Waals surface area contributed by atoms with Gasteiger partial charge in [0, 0.05) is 11.9 Å². The number of rotatable bonds is 0. The third-order valence-corrected chi connectivity index (χ3v) is 1.59. The van der Waals surface area contributed by atoms with Crippen molar-refractivity contribution in [2.75, 3.05) is 0 Å². The molecular weight excluding hydrogens is 214 g/mol. The lowest BCUT2D eigenvalue weighted by atomic mass is 10.2. The van der Waals surface area contributed by atoms with E-state index in [1.165, 1.54) is 0 Å². The number of carbonyl (C=O) groups is 1. The van der Waals surface area contributed by atoms with E-state index in [1.54, 1.807) is 20.8 Å². The van der Waals surface area contributed by atoms with Crippen molar-refractivity contribution in [3.63, 3.8) is 0 Å². The molecular formula is C6H11NO2S3. The van der Waals surface area contributed by atoms with Gasteiger partial charge in [-0.1, -0.05) is 12.2 Å². The van der Waals surface area contributed by atoms with Gasteiger partial charge in [0.1, 0.15) is 9.13 Å². The second-order valence-corrected chi connectivity index (χ2v) is 5.51. The first kappa shape index (κ1) is 12.1. The Labute approximate surface area is 87.2 Å². The molecule has 0 aromatic heterocycles. The van der Waals surface area contributed by atoms with Crippen molar-refractivity contribution in [3.05, 3.63) is 0 Å². The molecule has 0 heterocycles. The maximum Gasteiger partial charge on any atom is 0.418 e. The highest BCUT2D eigenvalue weighted by atomic mass is 32.2. The van der Waals surface area contributed by atoms with Gasteiger partial charge in [0.15, 0.2) is 0 Å². The second kappa shape index (κ2) is 4.94. The predicted molar refractivity (Wildman–Crippen MR) is 58.5 cm³/mol. The maximum absolute atomic E-state index is 10.9. The number of hydrogen-bond donors (Lipinski definition) is 2. The molecule has 0 saturated heterocycles. The third kappa shape index (κ3) is 8.16. The highest BCUT2D eigenvalue weighted by molar-refractivity contribution is 8.41. The zero-order valence-corrected chi connectivity index (χ0v) is 9.61. The first-order valence-corrected chi connectivity index (χ1v) is 4.87. The Morgan fingerprint density at radius 2 is 2.08 bits per heavy atom. The fraction of sp³-hybridized carbons (Fsp3) is 0.667. The normalized spacial score (nSPS) is 10.7. The average molecular weight is 225 g/mol. The number of thiol groups is 1. The van der Waals surface area contributed by atoms with Gasteiger partial charge in [-0.15, -0.1) is 12.6 Å². The number of hydrogen-bond acceptors (Lipinski definition) is 4. The van der Waals surface area contributed by atoms with Gasteiger partial charge in [-0.25, -0.2) is 4.79 Å². The summed E-state index contributed by atoms with van der Waals surface area (Å²) in [7, 11) is 0. The van der Waals surface area contributed by atoms with E-state index in [4.69, 9.17) is 4.74 Å². The van der Waals surface area contributed by atoms with Gasteiger partial charge >= 0.3 is 6.09 Å². The molecule has 0 spiro atoms. The molecule has 0 aromatic rings. The summed E-state index contributed by atoms with van der Waals surface area (Å²) in [5.41, 5.74) is -0.483. The van der Waals surface area contributed by atoms with Crippen LogP contribution in [-0.2, 0) is 4.74 Å². The average Bonchev–Trinajstić information content (AvgIpc) is 1.79. The summed E-state index contributed by atoms with van der Waals surface area (Å²) in [4.78, 5) is 10.9. The molecule has 1 amide bonds. The molecule has 0 fully saturated rings. The summed E-state index contributed by atoms with van der Waals surface area (Å²) in [6, 6.07) is 0. The number of thiocarbonyl (C=S) groups is 1. The number of ether oxygens (including phenoxy) is 1. The van der Waals surface area contributed by atoms with Crippen LogP contribution in [0.4, 0.5) is 4.79 Å². The number of amides is 1. The lowest BCUT2D eigenvalue weighted by Gasteiger charge is -2.18. The fourth-order valence-corrected chi connectivity index (χ4v) is 0.858. The largest absolute Gasteiger partial charge is 0.443 e. The highest BCUT2D eigenvalue weighted by Gasteiger charge is 2.15. The van der Waals surface area contributed by atoms with Crippen molar-refractivity contribution in [1.29, 1.82) is 0 Å². The maximum atomic E-state index is 10.9. The van der Waals surface area contributed by atoms with Crippen molar-refractivity contribution in [1.82, 2.24) is 4.72 Å². The minimum Gasteiger partial charge on any atom is -0.443 e. The third-order valence-electron chi connectivity index (χ3n) is 0.621. The Bertz CT molecular complexity index is 188. The lowest BCUT2D eigenvalue weighted by Crippen LogP contribution is -2.29. The second-order valence-electron chi connectivity index (χ2n) is 2.97. The van der Waals surface area contributed by atoms with Crippen LogP contribution in [0.2, 0.25) is 0 Å². The molecule has 0 bridgehead atoms. The van der Waals surface area contributed by atoms with E-state index < -0.39 is 11.7 Å². The van der Waals surface area contributed by atoms with E-state index in [0.29, 0.717) is 3.53 Å². The first-order valence-electron chi connectivity index (χ1n) is 3.20. The molecule has 6 heteroatoms. The van der Waals surface area contributed by atoms with Gasteiger partial charge in [0.05, 0.1) is 0 Å². The molecule has 0 aliphatic heterocycles. The fourth-order valence-electron chi connectivity index (χ4n) is 0.384. The molecule has 0 aliphatic rings. The van der Waals surface area contributed by atoms with Crippen molar-refractivity contribution in [3.8, 4) is 0 Å². The van der Waals surface area contributed by atoms with Crippen molar-refractivity contribution in [2.45, 2.75) is 26.4 Å². The molecule has 1 N–H and O–H groups in total. The van der Waals surface area contributed by atoms with Gasteiger partial charge in [0.25, 0.3) is 0 Å². The SMILES string of the molecule is CC(C)(C)OC(=O)NSC(=S)S. The van der Waals surface area contributed by atoms with Crippen LogP contribution < -0.4 is 4.72 Å². The van der Waals surface area contributed by atoms with Crippen molar-refractivity contribution in [2.24, 2.45) is 0 Å². The predicted octanol–water partition coefficient (Wildman–Crippen LogP) is 2.37. The summed E-state index contributed by atoms with van der Waals surface area (Å²) in [6.07, 6.45) is -0.510. The summed E-state index contributed by atoms with van der Waals surface area (Å²) in [6.45, 7) is 5.36. The Kier molecular flexibility index (Phi) is 4.96. The van der Waals surface area contributed by atoms with Crippen LogP contribution in [0.3, 0.4) is 0 Å². The van der Waals surface area contributed by atoms with Crippen LogP contribution in [0, 0.1) is 0 Å². The Hall–Kier alpha value is 0.0600. The standard InChI is InChI=1S/C6H11NO2S3/c1-6(2,3)9-4(8)7-12-5(10)11/h1-3H3,(H,7,8)(H,10,11). The Morgan fingerprint density at radius 1 is 1.58 bits per heavy atom. The van der Waals surface area contributed by atoms with Gasteiger partial charge in [0.2, 0.25) is 0 Å².